The minimum absolute atomic E-state index is 0.00174. The van der Waals surface area contributed by atoms with Crippen molar-refractivity contribution in [1.29, 1.82) is 0 Å². The molecule has 0 saturated heterocycles. The quantitative estimate of drug-likeness (QED) is 0.479. The van der Waals surface area contributed by atoms with Gasteiger partial charge in [-0.3, -0.25) is 4.79 Å². The van der Waals surface area contributed by atoms with Crippen LogP contribution in [0.5, 0.6) is 11.5 Å². The van der Waals surface area contributed by atoms with Crippen LogP contribution in [0.3, 0.4) is 0 Å². The standard InChI is InChI=1S/C18H18BrN3O5/c1-26-14-8-3-11(16(18(24)25)17(14)27-2)9-21-22-15(23)10-20-13-6-4-12(19)5-7-13/h3-9,20H,10H2,1-2H3,(H,22,23)(H,24,25)/p-1. The molecular formula is C18H17BrN3O5-. The Bertz CT molecular complexity index is 853. The van der Waals surface area contributed by atoms with E-state index in [-0.39, 0.29) is 29.2 Å². The SMILES string of the molecule is COc1ccc(C=NNC(=O)CNc2ccc(Br)cc2)c(C(=O)[O-])c1OC. The Labute approximate surface area is 164 Å². The fraction of sp³-hybridized carbons (Fsp3) is 0.167. The van der Waals surface area contributed by atoms with E-state index in [1.165, 1.54) is 32.6 Å². The number of benzene rings is 2. The highest BCUT2D eigenvalue weighted by molar-refractivity contribution is 9.10. The van der Waals surface area contributed by atoms with Crippen LogP contribution in [0.4, 0.5) is 5.69 Å². The van der Waals surface area contributed by atoms with Gasteiger partial charge in [0.05, 0.1) is 38.5 Å². The van der Waals surface area contributed by atoms with Crippen LogP contribution >= 0.6 is 15.9 Å². The zero-order valence-corrected chi connectivity index (χ0v) is 16.2. The van der Waals surface area contributed by atoms with Crippen LogP contribution in [0, 0.1) is 0 Å². The van der Waals surface area contributed by atoms with E-state index in [1.54, 1.807) is 0 Å². The number of amides is 1. The van der Waals surface area contributed by atoms with E-state index in [4.69, 9.17) is 9.47 Å². The lowest BCUT2D eigenvalue weighted by atomic mass is 10.1. The van der Waals surface area contributed by atoms with E-state index in [9.17, 15) is 14.7 Å². The number of methoxy groups -OCH3 is 2. The summed E-state index contributed by atoms with van der Waals surface area (Å²) in [5.74, 6) is -1.58. The van der Waals surface area contributed by atoms with Crippen molar-refractivity contribution in [2.24, 2.45) is 5.10 Å². The summed E-state index contributed by atoms with van der Waals surface area (Å²) >= 11 is 3.33. The van der Waals surface area contributed by atoms with Crippen LogP contribution in [0.25, 0.3) is 0 Å². The third kappa shape index (κ3) is 5.45. The number of halogens is 1. The zero-order chi connectivity index (χ0) is 19.8. The van der Waals surface area contributed by atoms with Gasteiger partial charge in [-0.05, 0) is 36.4 Å². The molecule has 0 heterocycles. The Morgan fingerprint density at radius 2 is 1.85 bits per heavy atom. The number of hydrazone groups is 1. The number of anilines is 1. The molecule has 9 heteroatoms. The van der Waals surface area contributed by atoms with Gasteiger partial charge in [-0.15, -0.1) is 0 Å². The van der Waals surface area contributed by atoms with E-state index < -0.39 is 11.9 Å². The fourth-order valence-corrected chi connectivity index (χ4v) is 2.49. The molecule has 0 aliphatic heterocycles. The van der Waals surface area contributed by atoms with Gasteiger partial charge in [-0.2, -0.15) is 5.10 Å². The van der Waals surface area contributed by atoms with E-state index >= 15 is 0 Å². The van der Waals surface area contributed by atoms with Crippen molar-refractivity contribution >= 4 is 39.7 Å². The Morgan fingerprint density at radius 3 is 2.44 bits per heavy atom. The zero-order valence-electron chi connectivity index (χ0n) is 14.6. The van der Waals surface area contributed by atoms with Gasteiger partial charge in [-0.1, -0.05) is 15.9 Å². The number of rotatable bonds is 8. The predicted octanol–water partition coefficient (Wildman–Crippen LogP) is 1.39. The summed E-state index contributed by atoms with van der Waals surface area (Å²) < 4.78 is 11.1. The molecule has 142 valence electrons. The number of aromatic carboxylic acids is 1. The minimum Gasteiger partial charge on any atom is -0.545 e. The number of carbonyl (C=O) groups excluding carboxylic acids is 2. The molecule has 27 heavy (non-hydrogen) atoms. The Hall–Kier alpha value is -3.07. The lowest BCUT2D eigenvalue weighted by Gasteiger charge is -2.15. The van der Waals surface area contributed by atoms with Crippen LogP contribution in [-0.2, 0) is 4.79 Å². The minimum atomic E-state index is -1.45. The summed E-state index contributed by atoms with van der Waals surface area (Å²) in [6.07, 6.45) is 1.20. The maximum Gasteiger partial charge on any atom is 0.259 e. The molecule has 8 nitrogen and oxygen atoms in total. The molecule has 2 aromatic rings. The van der Waals surface area contributed by atoms with Crippen molar-refractivity contribution in [2.75, 3.05) is 26.1 Å². The van der Waals surface area contributed by atoms with E-state index in [0.717, 1.165) is 10.2 Å². The van der Waals surface area contributed by atoms with Crippen molar-refractivity contribution in [3.05, 3.63) is 52.0 Å². The molecule has 0 fully saturated rings. The van der Waals surface area contributed by atoms with E-state index in [0.29, 0.717) is 0 Å². The molecule has 0 spiro atoms. The number of carboxylic acid groups (broad SMARTS) is 1. The highest BCUT2D eigenvalue weighted by Gasteiger charge is 2.15. The van der Waals surface area contributed by atoms with Gasteiger partial charge < -0.3 is 24.7 Å². The topological polar surface area (TPSA) is 112 Å². The second kappa shape index (κ2) is 9.58. The van der Waals surface area contributed by atoms with Gasteiger partial charge in [0.25, 0.3) is 5.91 Å². The van der Waals surface area contributed by atoms with Gasteiger partial charge in [0.2, 0.25) is 0 Å². The Morgan fingerprint density at radius 1 is 1.15 bits per heavy atom. The van der Waals surface area contributed by atoms with Gasteiger partial charge in [0.1, 0.15) is 0 Å². The molecule has 0 bridgehead atoms. The monoisotopic (exact) mass is 434 g/mol. The second-order valence-corrected chi connectivity index (χ2v) is 6.12. The van der Waals surface area contributed by atoms with Crippen LogP contribution in [0.15, 0.2) is 46.0 Å². The number of nitrogens with one attached hydrogen (secondary N) is 2. The van der Waals surface area contributed by atoms with E-state index in [1.807, 2.05) is 24.3 Å². The van der Waals surface area contributed by atoms with E-state index in [2.05, 4.69) is 31.8 Å². The summed E-state index contributed by atoms with van der Waals surface area (Å²) in [5.41, 5.74) is 3.08. The highest BCUT2D eigenvalue weighted by atomic mass is 79.9. The molecule has 2 rings (SSSR count). The normalized spacial score (nSPS) is 10.5. The van der Waals surface area contributed by atoms with Crippen molar-refractivity contribution in [3.8, 4) is 11.5 Å². The maximum absolute atomic E-state index is 11.8. The van der Waals surface area contributed by atoms with Gasteiger partial charge in [0.15, 0.2) is 11.5 Å². The second-order valence-electron chi connectivity index (χ2n) is 5.21. The van der Waals surface area contributed by atoms with Crippen LogP contribution in [-0.4, -0.2) is 38.9 Å². The Balaban J connectivity index is 2.03. The first kappa shape index (κ1) is 20.2. The number of ether oxygens (including phenoxy) is 2. The number of hydrogen-bond donors (Lipinski definition) is 2. The largest absolute Gasteiger partial charge is 0.545 e. The summed E-state index contributed by atoms with van der Waals surface area (Å²) in [6.45, 7) is -0.00174. The third-order valence-electron chi connectivity index (χ3n) is 3.47. The number of carboxylic acids is 1. The number of hydrogen-bond acceptors (Lipinski definition) is 7. The molecule has 0 saturated carbocycles. The average molecular weight is 435 g/mol. The lowest BCUT2D eigenvalue weighted by Crippen LogP contribution is -2.27. The molecule has 0 unspecified atom stereocenters. The molecule has 0 atom stereocenters. The van der Waals surface area contributed by atoms with Gasteiger partial charge in [0, 0.05) is 15.7 Å². The van der Waals surface area contributed by atoms with Crippen molar-refractivity contribution in [3.63, 3.8) is 0 Å². The number of carbonyl (C=O) groups is 2. The first-order chi connectivity index (χ1) is 13.0. The summed E-state index contributed by atoms with van der Waals surface area (Å²) in [5, 5.41) is 18.2. The molecule has 1 amide bonds. The molecule has 2 N–H and O–H groups in total. The van der Waals surface area contributed by atoms with Crippen LogP contribution in [0.1, 0.15) is 15.9 Å². The van der Waals surface area contributed by atoms with Gasteiger partial charge in [-0.25, -0.2) is 5.43 Å². The summed E-state index contributed by atoms with van der Waals surface area (Å²) in [4.78, 5) is 23.3. The average Bonchev–Trinajstić information content (AvgIpc) is 2.66. The molecular weight excluding hydrogens is 418 g/mol. The van der Waals surface area contributed by atoms with Crippen molar-refractivity contribution < 1.29 is 24.2 Å². The third-order valence-corrected chi connectivity index (χ3v) is 4.00. The Kier molecular flexibility index (Phi) is 7.18. The molecule has 2 aromatic carbocycles. The first-order valence-electron chi connectivity index (χ1n) is 7.74. The predicted molar refractivity (Wildman–Crippen MR) is 102 cm³/mol. The first-order valence-corrected chi connectivity index (χ1v) is 8.53. The van der Waals surface area contributed by atoms with Gasteiger partial charge >= 0.3 is 0 Å². The van der Waals surface area contributed by atoms with Crippen LogP contribution in [0.2, 0.25) is 0 Å². The molecule has 0 aliphatic carbocycles. The smallest absolute Gasteiger partial charge is 0.259 e. The molecule has 0 aliphatic rings. The maximum atomic E-state index is 11.8. The summed E-state index contributed by atoms with van der Waals surface area (Å²) in [6, 6.07) is 10.3. The molecule has 0 radical (unpaired) electrons. The molecule has 0 aromatic heterocycles. The highest BCUT2D eigenvalue weighted by Crippen LogP contribution is 2.32. The van der Waals surface area contributed by atoms with Crippen molar-refractivity contribution in [1.82, 2.24) is 5.43 Å². The fourth-order valence-electron chi connectivity index (χ4n) is 2.22. The van der Waals surface area contributed by atoms with Crippen LogP contribution < -0.4 is 25.3 Å². The summed E-state index contributed by atoms with van der Waals surface area (Å²) in [7, 11) is 2.71. The lowest BCUT2D eigenvalue weighted by molar-refractivity contribution is -0.255. The number of nitrogens with zero attached hydrogens (tertiary/aromatic N) is 1. The van der Waals surface area contributed by atoms with Crippen molar-refractivity contribution in [2.45, 2.75) is 0 Å².